The molecule has 0 aromatic carbocycles. The number of hydrogen-bond donors (Lipinski definition) is 1. The van der Waals surface area contributed by atoms with Crippen molar-refractivity contribution in [3.63, 3.8) is 0 Å². The Morgan fingerprint density at radius 3 is 2.50 bits per heavy atom. The van der Waals surface area contributed by atoms with Crippen molar-refractivity contribution in [2.24, 2.45) is 10.4 Å². The molecule has 1 saturated heterocycles. The highest BCUT2D eigenvalue weighted by atomic mass is 127. The van der Waals surface area contributed by atoms with Gasteiger partial charge in [0.05, 0.1) is 16.6 Å². The highest BCUT2D eigenvalue weighted by molar-refractivity contribution is 14.0. The first-order valence-electron chi connectivity index (χ1n) is 9.58. The van der Waals surface area contributed by atoms with E-state index in [2.05, 4.69) is 22.1 Å². The van der Waals surface area contributed by atoms with E-state index in [0.717, 1.165) is 19.0 Å². The lowest BCUT2D eigenvalue weighted by Crippen LogP contribution is -2.66. The maximum atomic E-state index is 12.3. The SMILES string of the molecule is CCOC1CC(NC(=NC)N2CCS(=O)(=O)C(C)(C)C2)C12CCCC2.I. The van der Waals surface area contributed by atoms with Crippen LogP contribution < -0.4 is 5.32 Å². The number of sulfone groups is 1. The average molecular weight is 499 g/mol. The Morgan fingerprint density at radius 1 is 1.31 bits per heavy atom. The molecule has 1 aliphatic heterocycles. The third-order valence-electron chi connectivity index (χ3n) is 6.55. The summed E-state index contributed by atoms with van der Waals surface area (Å²) in [6.45, 7) is 7.47. The van der Waals surface area contributed by atoms with Gasteiger partial charge in [-0.15, -0.1) is 24.0 Å². The molecule has 3 rings (SSSR count). The van der Waals surface area contributed by atoms with Crippen LogP contribution in [0.4, 0.5) is 0 Å². The summed E-state index contributed by atoms with van der Waals surface area (Å²) >= 11 is 0. The smallest absolute Gasteiger partial charge is 0.193 e. The van der Waals surface area contributed by atoms with Crippen LogP contribution in [0.3, 0.4) is 0 Å². The summed E-state index contributed by atoms with van der Waals surface area (Å²) in [5.74, 6) is 1.03. The number of nitrogens with one attached hydrogen (secondary N) is 1. The van der Waals surface area contributed by atoms with Crippen molar-refractivity contribution in [1.82, 2.24) is 10.2 Å². The predicted octanol–water partition coefficient (Wildman–Crippen LogP) is 2.43. The zero-order valence-electron chi connectivity index (χ0n) is 16.5. The summed E-state index contributed by atoms with van der Waals surface area (Å²) in [6.07, 6.45) is 6.35. The molecule has 6 nitrogen and oxygen atoms in total. The number of guanidine groups is 1. The minimum Gasteiger partial charge on any atom is -0.378 e. The summed E-state index contributed by atoms with van der Waals surface area (Å²) in [7, 11) is -1.25. The fourth-order valence-corrected chi connectivity index (χ4v) is 6.23. The van der Waals surface area contributed by atoms with Gasteiger partial charge in [0.15, 0.2) is 15.8 Å². The Morgan fingerprint density at radius 2 is 1.96 bits per heavy atom. The van der Waals surface area contributed by atoms with E-state index in [9.17, 15) is 8.42 Å². The van der Waals surface area contributed by atoms with Crippen molar-refractivity contribution in [3.8, 4) is 0 Å². The van der Waals surface area contributed by atoms with Crippen LogP contribution in [-0.2, 0) is 14.6 Å². The van der Waals surface area contributed by atoms with Crippen molar-refractivity contribution in [2.75, 3.05) is 32.5 Å². The minimum atomic E-state index is -3.04. The van der Waals surface area contributed by atoms with Gasteiger partial charge in [-0.2, -0.15) is 0 Å². The van der Waals surface area contributed by atoms with E-state index in [1.807, 2.05) is 13.8 Å². The Bertz CT molecular complexity index is 630. The summed E-state index contributed by atoms with van der Waals surface area (Å²) in [4.78, 5) is 6.58. The van der Waals surface area contributed by atoms with Crippen LogP contribution >= 0.6 is 24.0 Å². The van der Waals surface area contributed by atoms with E-state index in [1.165, 1.54) is 25.7 Å². The maximum absolute atomic E-state index is 12.3. The number of rotatable bonds is 3. The molecule has 2 unspecified atom stereocenters. The fraction of sp³-hybridized carbons (Fsp3) is 0.944. The van der Waals surface area contributed by atoms with Crippen LogP contribution in [0, 0.1) is 5.41 Å². The summed E-state index contributed by atoms with van der Waals surface area (Å²) in [5, 5.41) is 3.66. The van der Waals surface area contributed by atoms with Crippen molar-refractivity contribution in [1.29, 1.82) is 0 Å². The second-order valence-corrected chi connectivity index (χ2v) is 11.1. The van der Waals surface area contributed by atoms with E-state index in [1.54, 1.807) is 7.05 Å². The van der Waals surface area contributed by atoms with Crippen molar-refractivity contribution in [2.45, 2.75) is 69.8 Å². The molecule has 2 atom stereocenters. The standard InChI is InChI=1S/C18H33N3O3S.HI/c1-5-24-15-12-14(18(15)8-6-7-9-18)20-16(19-4)21-10-11-25(22,23)17(2,3)13-21;/h14-15H,5-13H2,1-4H3,(H,19,20);1H. The van der Waals surface area contributed by atoms with Gasteiger partial charge in [0.1, 0.15) is 0 Å². The van der Waals surface area contributed by atoms with Gasteiger partial charge in [-0.05, 0) is 40.0 Å². The van der Waals surface area contributed by atoms with Crippen LogP contribution in [0.25, 0.3) is 0 Å². The lowest BCUT2D eigenvalue weighted by molar-refractivity contribution is -0.126. The number of nitrogens with zero attached hydrogens (tertiary/aromatic N) is 2. The topological polar surface area (TPSA) is 71.0 Å². The lowest BCUT2D eigenvalue weighted by atomic mass is 9.60. The normalized spacial score (nSPS) is 32.0. The van der Waals surface area contributed by atoms with Gasteiger partial charge in [0, 0.05) is 38.2 Å². The number of aliphatic imine (C=N–C) groups is 1. The number of ether oxygens (including phenoxy) is 1. The van der Waals surface area contributed by atoms with E-state index in [4.69, 9.17) is 4.74 Å². The molecule has 3 fully saturated rings. The van der Waals surface area contributed by atoms with Gasteiger partial charge < -0.3 is 15.0 Å². The van der Waals surface area contributed by atoms with Crippen molar-refractivity contribution < 1.29 is 13.2 Å². The molecule has 0 amide bonds. The lowest BCUT2D eigenvalue weighted by Gasteiger charge is -2.55. The molecule has 152 valence electrons. The van der Waals surface area contributed by atoms with E-state index >= 15 is 0 Å². The van der Waals surface area contributed by atoms with Crippen molar-refractivity contribution >= 4 is 39.8 Å². The molecule has 2 aliphatic carbocycles. The fourth-order valence-electron chi connectivity index (χ4n) is 4.87. The molecule has 0 aromatic rings. The monoisotopic (exact) mass is 499 g/mol. The molecule has 3 aliphatic rings. The molecule has 1 spiro atoms. The molecule has 26 heavy (non-hydrogen) atoms. The molecular weight excluding hydrogens is 465 g/mol. The zero-order valence-corrected chi connectivity index (χ0v) is 19.6. The van der Waals surface area contributed by atoms with Crippen LogP contribution in [0.5, 0.6) is 0 Å². The number of halogens is 1. The third-order valence-corrected chi connectivity index (χ3v) is 9.08. The quantitative estimate of drug-likeness (QED) is 0.367. The van der Waals surface area contributed by atoms with Gasteiger partial charge in [0.25, 0.3) is 0 Å². The zero-order chi connectivity index (χ0) is 18.3. The van der Waals surface area contributed by atoms with E-state index < -0.39 is 14.6 Å². The van der Waals surface area contributed by atoms with Gasteiger partial charge in [-0.3, -0.25) is 4.99 Å². The second-order valence-electron chi connectivity index (χ2n) is 8.36. The second kappa shape index (κ2) is 8.11. The van der Waals surface area contributed by atoms with E-state index in [-0.39, 0.29) is 35.1 Å². The molecule has 0 radical (unpaired) electrons. The Balaban J connectivity index is 0.00000243. The van der Waals surface area contributed by atoms with Gasteiger partial charge in [-0.1, -0.05) is 12.8 Å². The summed E-state index contributed by atoms with van der Waals surface area (Å²) in [6, 6.07) is 0.381. The molecule has 1 heterocycles. The molecular formula is C18H34IN3O3S. The number of hydrogen-bond acceptors (Lipinski definition) is 4. The highest BCUT2D eigenvalue weighted by Gasteiger charge is 2.57. The largest absolute Gasteiger partial charge is 0.378 e. The first-order chi connectivity index (χ1) is 11.8. The van der Waals surface area contributed by atoms with Crippen LogP contribution in [-0.4, -0.2) is 68.7 Å². The van der Waals surface area contributed by atoms with Crippen LogP contribution in [0.15, 0.2) is 4.99 Å². The molecule has 2 saturated carbocycles. The summed E-state index contributed by atoms with van der Waals surface area (Å²) < 4.78 is 29.8. The van der Waals surface area contributed by atoms with Gasteiger partial charge in [0.2, 0.25) is 0 Å². The Kier molecular flexibility index (Phi) is 6.92. The van der Waals surface area contributed by atoms with Crippen LogP contribution in [0.2, 0.25) is 0 Å². The van der Waals surface area contributed by atoms with Gasteiger partial charge in [-0.25, -0.2) is 8.42 Å². The van der Waals surface area contributed by atoms with Crippen LogP contribution in [0.1, 0.15) is 52.9 Å². The Hall–Kier alpha value is -0.0900. The molecule has 0 aromatic heterocycles. The summed E-state index contributed by atoms with van der Waals surface area (Å²) in [5.41, 5.74) is 0.239. The minimum absolute atomic E-state index is 0. The van der Waals surface area contributed by atoms with Gasteiger partial charge >= 0.3 is 0 Å². The molecule has 8 heteroatoms. The Labute approximate surface area is 175 Å². The molecule has 1 N–H and O–H groups in total. The van der Waals surface area contributed by atoms with E-state index in [0.29, 0.717) is 25.2 Å². The highest BCUT2D eigenvalue weighted by Crippen LogP contribution is 2.54. The molecule has 0 bridgehead atoms. The predicted molar refractivity (Wildman–Crippen MR) is 116 cm³/mol. The first-order valence-corrected chi connectivity index (χ1v) is 11.2. The maximum Gasteiger partial charge on any atom is 0.193 e. The third kappa shape index (κ3) is 3.74. The van der Waals surface area contributed by atoms with Crippen molar-refractivity contribution in [3.05, 3.63) is 0 Å². The average Bonchev–Trinajstić information content (AvgIpc) is 3.06. The first kappa shape index (κ1) is 22.2.